The van der Waals surface area contributed by atoms with Crippen LogP contribution in [0.1, 0.15) is 62.3 Å². The van der Waals surface area contributed by atoms with E-state index in [1.807, 2.05) is 90.1 Å². The number of hydrogen-bond donors (Lipinski definition) is 1. The molecule has 0 spiro atoms. The fraction of sp³-hybridized carbons (Fsp3) is 0.600. The van der Waals surface area contributed by atoms with Crippen molar-refractivity contribution in [2.75, 3.05) is 39.8 Å². The predicted molar refractivity (Wildman–Crippen MR) is 159 cm³/mol. The molecule has 0 aliphatic carbocycles. The van der Waals surface area contributed by atoms with Crippen molar-refractivity contribution in [3.8, 4) is 0 Å². The van der Waals surface area contributed by atoms with Crippen LogP contribution >= 0.6 is 0 Å². The van der Waals surface area contributed by atoms with Gasteiger partial charge in [0.05, 0.1) is 0 Å². The molecule has 1 fully saturated rings. The minimum Gasteiger partial charge on any atom is -0.444 e. The number of piperazine rings is 1. The van der Waals surface area contributed by atoms with E-state index < -0.39 is 5.60 Å². The quantitative estimate of drug-likeness (QED) is 0.353. The standard InChI is InChI=1S/C25H39N5O3.C4H8.CH4/c1-7-20(26)16-19(23-27-22-21(32-23)9-8-10-28(22)6)15-18(2)17-29-11-13-30(14-12-29)24(31)33-25(3,4)5;1-3-4-2;/h8-10,15-16,18,22H,7,11-14,17,26H2,1-6H3;3-4H,1-2H3;1H4/b19-15+,20-16+;4-3-;. The Morgan fingerprint density at radius 2 is 1.87 bits per heavy atom. The molecule has 3 aliphatic rings. The molecule has 0 aromatic rings. The number of carbonyl (C=O) groups is 1. The molecule has 0 bridgehead atoms. The van der Waals surface area contributed by atoms with Gasteiger partial charge in [-0.2, -0.15) is 0 Å². The van der Waals surface area contributed by atoms with Crippen LogP contribution in [-0.2, 0) is 9.47 Å². The first-order chi connectivity index (χ1) is 17.5. The number of aliphatic imine (C=N–C) groups is 1. The van der Waals surface area contributed by atoms with Gasteiger partial charge in [0.2, 0.25) is 5.90 Å². The van der Waals surface area contributed by atoms with E-state index in [2.05, 4.69) is 17.9 Å². The highest BCUT2D eigenvalue weighted by molar-refractivity contribution is 5.98. The normalized spacial score (nSPS) is 21.0. The Kier molecular flexibility index (Phi) is 13.4. The molecule has 3 heterocycles. The molecule has 0 radical (unpaired) electrons. The number of allylic oxidation sites excluding steroid dienone is 5. The van der Waals surface area contributed by atoms with Crippen LogP contribution in [0.15, 0.2) is 64.7 Å². The van der Waals surface area contributed by atoms with Crippen molar-refractivity contribution in [1.82, 2.24) is 14.7 Å². The molecule has 2 atom stereocenters. The van der Waals surface area contributed by atoms with Crippen molar-refractivity contribution in [3.05, 3.63) is 59.7 Å². The van der Waals surface area contributed by atoms with E-state index in [0.29, 0.717) is 19.0 Å². The Morgan fingerprint density at radius 1 is 1.24 bits per heavy atom. The molecule has 38 heavy (non-hydrogen) atoms. The molecule has 0 aromatic carbocycles. The van der Waals surface area contributed by atoms with Crippen LogP contribution in [-0.4, -0.2) is 78.2 Å². The Bertz CT molecular complexity index is 943. The predicted octanol–water partition coefficient (Wildman–Crippen LogP) is 5.67. The summed E-state index contributed by atoms with van der Waals surface area (Å²) in [4.78, 5) is 23.3. The lowest BCUT2D eigenvalue weighted by molar-refractivity contribution is 0.0139. The van der Waals surface area contributed by atoms with E-state index in [1.54, 1.807) is 4.90 Å². The molecule has 8 heteroatoms. The Balaban J connectivity index is 0.00000135. The first-order valence-electron chi connectivity index (χ1n) is 13.3. The SMILES string of the molecule is C.C/C=C\C.CC/C(N)=C\C(=C/C(C)CN1CCN(C(=O)OC(C)(C)C)CC1)C1=NC2C(=CC=CN2C)O1. The average Bonchev–Trinajstić information content (AvgIpc) is 3.29. The van der Waals surface area contributed by atoms with Gasteiger partial charge in [-0.1, -0.05) is 39.5 Å². The molecule has 3 rings (SSSR count). The van der Waals surface area contributed by atoms with Crippen molar-refractivity contribution in [3.63, 3.8) is 0 Å². The summed E-state index contributed by atoms with van der Waals surface area (Å²) in [7, 11) is 1.99. The van der Waals surface area contributed by atoms with Crippen molar-refractivity contribution in [1.29, 1.82) is 0 Å². The van der Waals surface area contributed by atoms with E-state index in [-0.39, 0.29) is 25.6 Å². The molecule has 8 nitrogen and oxygen atoms in total. The summed E-state index contributed by atoms with van der Waals surface area (Å²) in [6.45, 7) is 17.8. The Labute approximate surface area is 231 Å². The van der Waals surface area contributed by atoms with Gasteiger partial charge >= 0.3 is 6.09 Å². The highest BCUT2D eigenvalue weighted by Crippen LogP contribution is 2.27. The number of likely N-dealkylation sites (N-methyl/N-ethyl adjacent to an activating group) is 1. The molecular weight excluding hydrogens is 478 g/mol. The maximum absolute atomic E-state index is 12.3. The zero-order valence-corrected chi connectivity index (χ0v) is 24.0. The summed E-state index contributed by atoms with van der Waals surface area (Å²) in [6.07, 6.45) is 14.5. The lowest BCUT2D eigenvalue weighted by atomic mass is 10.0. The van der Waals surface area contributed by atoms with Gasteiger partial charge in [-0.05, 0) is 65.2 Å². The van der Waals surface area contributed by atoms with Crippen LogP contribution in [0.2, 0.25) is 0 Å². The minimum absolute atomic E-state index is 0. The Hall–Kier alpha value is -3.00. The van der Waals surface area contributed by atoms with Gasteiger partial charge in [0, 0.05) is 57.2 Å². The van der Waals surface area contributed by atoms with Gasteiger partial charge in [-0.25, -0.2) is 9.79 Å². The average molecular weight is 530 g/mol. The van der Waals surface area contributed by atoms with E-state index in [4.69, 9.17) is 20.2 Å². The van der Waals surface area contributed by atoms with Gasteiger partial charge < -0.3 is 25.0 Å². The molecule has 0 saturated carbocycles. The number of hydrogen-bond acceptors (Lipinski definition) is 7. The second-order valence-electron chi connectivity index (χ2n) is 10.6. The molecule has 1 amide bonds. The first-order valence-corrected chi connectivity index (χ1v) is 13.3. The van der Waals surface area contributed by atoms with Crippen molar-refractivity contribution >= 4 is 12.0 Å². The van der Waals surface area contributed by atoms with E-state index in [0.717, 1.165) is 43.1 Å². The van der Waals surface area contributed by atoms with Crippen LogP contribution in [0.5, 0.6) is 0 Å². The number of amides is 1. The summed E-state index contributed by atoms with van der Waals surface area (Å²) in [5, 5.41) is 0. The monoisotopic (exact) mass is 529 g/mol. The molecule has 2 N–H and O–H groups in total. The second-order valence-corrected chi connectivity index (χ2v) is 10.6. The van der Waals surface area contributed by atoms with Crippen LogP contribution in [0.3, 0.4) is 0 Å². The number of ether oxygens (including phenoxy) is 2. The number of fused-ring (bicyclic) bond motifs is 1. The fourth-order valence-corrected chi connectivity index (χ4v) is 3.95. The van der Waals surface area contributed by atoms with Crippen molar-refractivity contribution in [2.45, 2.75) is 74.1 Å². The smallest absolute Gasteiger partial charge is 0.410 e. The molecule has 1 saturated heterocycles. The maximum atomic E-state index is 12.3. The minimum atomic E-state index is -0.471. The number of rotatable bonds is 6. The van der Waals surface area contributed by atoms with Crippen molar-refractivity contribution in [2.24, 2.45) is 16.6 Å². The number of carbonyl (C=O) groups excluding carboxylic acids is 1. The lowest BCUT2D eigenvalue weighted by Gasteiger charge is -2.36. The van der Waals surface area contributed by atoms with E-state index >= 15 is 0 Å². The van der Waals surface area contributed by atoms with Gasteiger partial charge in [0.15, 0.2) is 11.9 Å². The molecule has 2 unspecified atom stereocenters. The molecular formula is C30H51N5O3. The zero-order valence-electron chi connectivity index (χ0n) is 24.0. The summed E-state index contributed by atoms with van der Waals surface area (Å²) >= 11 is 0. The highest BCUT2D eigenvalue weighted by atomic mass is 16.6. The van der Waals surface area contributed by atoms with Gasteiger partial charge in [0.1, 0.15) is 5.60 Å². The zero-order chi connectivity index (χ0) is 27.6. The van der Waals surface area contributed by atoms with Gasteiger partial charge in [-0.15, -0.1) is 0 Å². The first kappa shape index (κ1) is 33.0. The summed E-state index contributed by atoms with van der Waals surface area (Å²) in [5.74, 6) is 1.70. The third kappa shape index (κ3) is 10.4. The summed E-state index contributed by atoms with van der Waals surface area (Å²) in [5.41, 5.74) is 7.41. The highest BCUT2D eigenvalue weighted by Gasteiger charge is 2.31. The fourth-order valence-electron chi connectivity index (χ4n) is 3.95. The maximum Gasteiger partial charge on any atom is 0.410 e. The lowest BCUT2D eigenvalue weighted by Crippen LogP contribution is -2.50. The van der Waals surface area contributed by atoms with Crippen LogP contribution < -0.4 is 5.73 Å². The third-order valence-corrected chi connectivity index (χ3v) is 6.04. The Morgan fingerprint density at radius 3 is 2.39 bits per heavy atom. The van der Waals surface area contributed by atoms with Crippen LogP contribution in [0.25, 0.3) is 0 Å². The number of nitrogens with zero attached hydrogens (tertiary/aromatic N) is 4. The summed E-state index contributed by atoms with van der Waals surface area (Å²) < 4.78 is 11.6. The van der Waals surface area contributed by atoms with Gasteiger partial charge in [-0.3, -0.25) is 4.90 Å². The third-order valence-electron chi connectivity index (χ3n) is 6.04. The molecule has 214 valence electrons. The van der Waals surface area contributed by atoms with E-state index in [1.165, 1.54) is 0 Å². The molecule has 0 aromatic heterocycles. The second kappa shape index (κ2) is 15.4. The van der Waals surface area contributed by atoms with Gasteiger partial charge in [0.25, 0.3) is 0 Å². The molecule has 3 aliphatic heterocycles. The largest absolute Gasteiger partial charge is 0.444 e. The van der Waals surface area contributed by atoms with E-state index in [9.17, 15) is 4.79 Å². The van der Waals surface area contributed by atoms with Crippen molar-refractivity contribution < 1.29 is 14.3 Å². The van der Waals surface area contributed by atoms with Crippen LogP contribution in [0, 0.1) is 5.92 Å². The topological polar surface area (TPSA) is 83.6 Å². The number of nitrogens with two attached hydrogens (primary N) is 1. The van der Waals surface area contributed by atoms with Crippen LogP contribution in [0.4, 0.5) is 4.79 Å². The summed E-state index contributed by atoms with van der Waals surface area (Å²) in [6, 6.07) is 0.